The van der Waals surface area contributed by atoms with Crippen LogP contribution in [0.1, 0.15) is 0 Å². The first kappa shape index (κ1) is 11.5. The van der Waals surface area contributed by atoms with Gasteiger partial charge in [0.1, 0.15) is 5.75 Å². The third kappa shape index (κ3) is 2.57. The lowest BCUT2D eigenvalue weighted by Gasteiger charge is -2.09. The Labute approximate surface area is 110 Å². The fourth-order valence-corrected chi connectivity index (χ4v) is 2.35. The Morgan fingerprint density at radius 1 is 0.938 bits per heavy atom. The van der Waals surface area contributed by atoms with E-state index in [9.17, 15) is 5.11 Å². The summed E-state index contributed by atoms with van der Waals surface area (Å²) in [6, 6.07) is 12.4. The first-order chi connectivity index (χ1) is 7.66. The van der Waals surface area contributed by atoms with Gasteiger partial charge >= 0.3 is 0 Å². The second kappa shape index (κ2) is 4.89. The van der Waals surface area contributed by atoms with Gasteiger partial charge in [0.15, 0.2) is 11.5 Å². The molecule has 0 aliphatic heterocycles. The highest BCUT2D eigenvalue weighted by atomic mass is 79.9. The number of benzene rings is 2. The van der Waals surface area contributed by atoms with Gasteiger partial charge in [0.05, 0.1) is 4.47 Å². The van der Waals surface area contributed by atoms with Crippen molar-refractivity contribution in [3.05, 3.63) is 51.4 Å². The second-order valence-electron chi connectivity index (χ2n) is 3.14. The summed E-state index contributed by atoms with van der Waals surface area (Å²) in [6.07, 6.45) is 0. The first-order valence-electron chi connectivity index (χ1n) is 4.58. The zero-order chi connectivity index (χ0) is 11.5. The number of hydrogen-bond acceptors (Lipinski definition) is 2. The van der Waals surface area contributed by atoms with E-state index in [4.69, 9.17) is 4.74 Å². The van der Waals surface area contributed by atoms with Crippen LogP contribution in [0.25, 0.3) is 0 Å². The van der Waals surface area contributed by atoms with E-state index in [1.807, 2.05) is 24.3 Å². The predicted molar refractivity (Wildman–Crippen MR) is 70.0 cm³/mol. The molecule has 0 atom stereocenters. The van der Waals surface area contributed by atoms with Gasteiger partial charge in [-0.25, -0.2) is 0 Å². The molecular weight excluding hydrogens is 336 g/mol. The van der Waals surface area contributed by atoms with Crippen molar-refractivity contribution in [2.24, 2.45) is 0 Å². The predicted octanol–water partition coefficient (Wildman–Crippen LogP) is 4.71. The van der Waals surface area contributed by atoms with Crippen LogP contribution >= 0.6 is 31.9 Å². The highest BCUT2D eigenvalue weighted by Crippen LogP contribution is 2.35. The lowest BCUT2D eigenvalue weighted by Crippen LogP contribution is -1.85. The fourth-order valence-electron chi connectivity index (χ4n) is 1.22. The summed E-state index contributed by atoms with van der Waals surface area (Å²) in [6.45, 7) is 0. The van der Waals surface area contributed by atoms with Crippen molar-refractivity contribution < 1.29 is 9.84 Å². The topological polar surface area (TPSA) is 29.5 Å². The standard InChI is InChI=1S/C12H8Br2O2/c13-8-5-6-11(9(14)7-8)16-12-4-2-1-3-10(12)15/h1-7,15H. The number of rotatable bonds is 2. The molecule has 16 heavy (non-hydrogen) atoms. The van der Waals surface area contributed by atoms with E-state index in [0.29, 0.717) is 11.5 Å². The van der Waals surface area contributed by atoms with E-state index < -0.39 is 0 Å². The minimum Gasteiger partial charge on any atom is -0.504 e. The average molecular weight is 344 g/mol. The third-order valence-corrected chi connectivity index (χ3v) is 3.09. The summed E-state index contributed by atoms with van der Waals surface area (Å²) in [5.41, 5.74) is 0. The maximum absolute atomic E-state index is 9.57. The van der Waals surface area contributed by atoms with Crippen LogP contribution in [-0.2, 0) is 0 Å². The van der Waals surface area contributed by atoms with E-state index in [-0.39, 0.29) is 5.75 Å². The Morgan fingerprint density at radius 3 is 2.38 bits per heavy atom. The molecular formula is C12H8Br2O2. The van der Waals surface area contributed by atoms with Gasteiger partial charge in [-0.1, -0.05) is 28.1 Å². The van der Waals surface area contributed by atoms with Gasteiger partial charge < -0.3 is 9.84 Å². The van der Waals surface area contributed by atoms with Crippen LogP contribution in [0, 0.1) is 0 Å². The molecule has 2 aromatic carbocycles. The molecule has 0 spiro atoms. The number of hydrogen-bond donors (Lipinski definition) is 1. The Morgan fingerprint density at radius 2 is 1.69 bits per heavy atom. The largest absolute Gasteiger partial charge is 0.504 e. The average Bonchev–Trinajstić information content (AvgIpc) is 2.25. The Kier molecular flexibility index (Phi) is 3.51. The minimum absolute atomic E-state index is 0.123. The van der Waals surface area contributed by atoms with Gasteiger partial charge in [0, 0.05) is 4.47 Å². The van der Waals surface area contributed by atoms with Crippen LogP contribution in [0.3, 0.4) is 0 Å². The van der Waals surface area contributed by atoms with E-state index in [0.717, 1.165) is 8.95 Å². The number of ether oxygens (including phenoxy) is 1. The zero-order valence-corrected chi connectivity index (χ0v) is 11.3. The van der Waals surface area contributed by atoms with E-state index in [1.54, 1.807) is 18.2 Å². The van der Waals surface area contributed by atoms with E-state index in [2.05, 4.69) is 31.9 Å². The van der Waals surface area contributed by atoms with Crippen molar-refractivity contribution >= 4 is 31.9 Å². The molecule has 2 aromatic rings. The highest BCUT2D eigenvalue weighted by molar-refractivity contribution is 9.11. The number of phenolic OH excluding ortho intramolecular Hbond substituents is 1. The summed E-state index contributed by atoms with van der Waals surface area (Å²) in [5.74, 6) is 1.22. The minimum atomic E-state index is 0.123. The second-order valence-corrected chi connectivity index (χ2v) is 4.91. The quantitative estimate of drug-likeness (QED) is 0.855. The van der Waals surface area contributed by atoms with E-state index >= 15 is 0 Å². The van der Waals surface area contributed by atoms with Crippen LogP contribution < -0.4 is 4.74 Å². The van der Waals surface area contributed by atoms with Crippen molar-refractivity contribution in [1.82, 2.24) is 0 Å². The lowest BCUT2D eigenvalue weighted by molar-refractivity contribution is 0.410. The van der Waals surface area contributed by atoms with Crippen molar-refractivity contribution in [2.75, 3.05) is 0 Å². The molecule has 1 N–H and O–H groups in total. The normalized spacial score (nSPS) is 10.1. The molecule has 0 aliphatic carbocycles. The summed E-state index contributed by atoms with van der Waals surface area (Å²) >= 11 is 6.75. The van der Waals surface area contributed by atoms with Crippen LogP contribution in [0.15, 0.2) is 51.4 Å². The molecule has 0 unspecified atom stereocenters. The van der Waals surface area contributed by atoms with Crippen molar-refractivity contribution in [3.63, 3.8) is 0 Å². The lowest BCUT2D eigenvalue weighted by atomic mass is 10.3. The molecule has 0 saturated heterocycles. The van der Waals surface area contributed by atoms with Gasteiger partial charge in [-0.05, 0) is 46.3 Å². The van der Waals surface area contributed by atoms with E-state index in [1.165, 1.54) is 0 Å². The molecule has 82 valence electrons. The summed E-state index contributed by atoms with van der Waals surface area (Å²) in [4.78, 5) is 0. The highest BCUT2D eigenvalue weighted by Gasteiger charge is 2.06. The van der Waals surface area contributed by atoms with Crippen LogP contribution in [0.5, 0.6) is 17.2 Å². The number of phenols is 1. The molecule has 0 aromatic heterocycles. The Hall–Kier alpha value is -1.000. The van der Waals surface area contributed by atoms with Crippen LogP contribution in [-0.4, -0.2) is 5.11 Å². The van der Waals surface area contributed by atoms with Crippen molar-refractivity contribution in [2.45, 2.75) is 0 Å². The Balaban J connectivity index is 2.31. The summed E-state index contributed by atoms with van der Waals surface area (Å²) in [7, 11) is 0. The molecule has 2 rings (SSSR count). The maximum Gasteiger partial charge on any atom is 0.169 e. The molecule has 0 fully saturated rings. The molecule has 0 radical (unpaired) electrons. The number of halogens is 2. The van der Waals surface area contributed by atoms with Gasteiger partial charge in [-0.15, -0.1) is 0 Å². The molecule has 4 heteroatoms. The number of aromatic hydroxyl groups is 1. The molecule has 0 heterocycles. The molecule has 0 aliphatic rings. The Bertz CT molecular complexity index is 512. The smallest absolute Gasteiger partial charge is 0.169 e. The van der Waals surface area contributed by atoms with Crippen LogP contribution in [0.2, 0.25) is 0 Å². The first-order valence-corrected chi connectivity index (χ1v) is 6.16. The fraction of sp³-hybridized carbons (Fsp3) is 0. The zero-order valence-electron chi connectivity index (χ0n) is 8.15. The summed E-state index contributed by atoms with van der Waals surface area (Å²) in [5, 5.41) is 9.57. The monoisotopic (exact) mass is 342 g/mol. The SMILES string of the molecule is Oc1ccccc1Oc1ccc(Br)cc1Br. The number of para-hydroxylation sites is 2. The van der Waals surface area contributed by atoms with Crippen molar-refractivity contribution in [3.8, 4) is 17.2 Å². The molecule has 0 amide bonds. The van der Waals surface area contributed by atoms with Crippen LogP contribution in [0.4, 0.5) is 0 Å². The summed E-state index contributed by atoms with van der Waals surface area (Å²) < 4.78 is 7.36. The third-order valence-electron chi connectivity index (χ3n) is 1.98. The van der Waals surface area contributed by atoms with Crippen molar-refractivity contribution in [1.29, 1.82) is 0 Å². The maximum atomic E-state index is 9.57. The molecule has 0 bridgehead atoms. The van der Waals surface area contributed by atoms with Gasteiger partial charge in [0.2, 0.25) is 0 Å². The van der Waals surface area contributed by atoms with Gasteiger partial charge in [-0.2, -0.15) is 0 Å². The van der Waals surface area contributed by atoms with Gasteiger partial charge in [-0.3, -0.25) is 0 Å². The van der Waals surface area contributed by atoms with Gasteiger partial charge in [0.25, 0.3) is 0 Å². The molecule has 0 saturated carbocycles. The molecule has 2 nitrogen and oxygen atoms in total.